The summed E-state index contributed by atoms with van der Waals surface area (Å²) in [4.78, 5) is 0.557. The van der Waals surface area contributed by atoms with E-state index < -0.39 is 14.0 Å². The van der Waals surface area contributed by atoms with Crippen LogP contribution in [0.5, 0.6) is 5.75 Å². The number of aromatic hydroxyl groups is 1. The zero-order chi connectivity index (χ0) is 20.5. The van der Waals surface area contributed by atoms with Gasteiger partial charge in [0.25, 0.3) is 0 Å². The number of benzene rings is 2. The Bertz CT molecular complexity index is 913. The van der Waals surface area contributed by atoms with E-state index in [2.05, 4.69) is 0 Å². The van der Waals surface area contributed by atoms with Crippen molar-refractivity contribution in [2.75, 3.05) is 20.5 Å². The van der Waals surface area contributed by atoms with Gasteiger partial charge in [-0.15, -0.1) is 0 Å². The lowest BCUT2D eigenvalue weighted by atomic mass is 9.92. The molecule has 2 nitrogen and oxygen atoms in total. The van der Waals surface area contributed by atoms with Crippen molar-refractivity contribution in [3.8, 4) is 5.75 Å². The Balaban J connectivity index is 2.01. The molecule has 0 saturated heterocycles. The molecule has 0 amide bonds. The molecule has 0 aromatic heterocycles. The van der Waals surface area contributed by atoms with Crippen molar-refractivity contribution in [2.24, 2.45) is 0 Å². The maximum atomic E-state index is 9.96. The van der Waals surface area contributed by atoms with Crippen LogP contribution in [-0.4, -0.2) is 30.5 Å². The van der Waals surface area contributed by atoms with Crippen LogP contribution in [0.1, 0.15) is 36.9 Å². The van der Waals surface area contributed by atoms with E-state index in [0.717, 1.165) is 27.8 Å². The Kier molecular flexibility index (Phi) is 2.53. The van der Waals surface area contributed by atoms with E-state index in [1.54, 1.807) is 12.1 Å². The molecule has 0 atom stereocenters. The molecule has 0 fully saturated rings. The van der Waals surface area contributed by atoms with Gasteiger partial charge in [0.1, 0.15) is 5.75 Å². The molecule has 1 aliphatic rings. The average Bonchev–Trinajstić information content (AvgIpc) is 2.73. The Morgan fingerprint density at radius 1 is 1.05 bits per heavy atom. The number of hydrogen-bond donors (Lipinski definition) is 1. The molecule has 0 radical (unpaired) electrons. The molecule has 3 rings (SSSR count). The minimum absolute atomic E-state index is 0.129. The van der Waals surface area contributed by atoms with Crippen LogP contribution in [-0.2, 0) is 0 Å². The van der Waals surface area contributed by atoms with E-state index in [1.807, 2.05) is 48.6 Å². The van der Waals surface area contributed by atoms with Crippen LogP contribution in [0.3, 0.4) is 0 Å². The predicted octanol–water partition coefficient (Wildman–Crippen LogP) is 4.26. The van der Waals surface area contributed by atoms with E-state index >= 15 is 0 Å². The predicted molar refractivity (Wildman–Crippen MR) is 93.7 cm³/mol. The zero-order valence-corrected chi connectivity index (χ0v) is 12.1. The lowest BCUT2D eigenvalue weighted by molar-refractivity contribution is 0.417. The molecule has 22 heavy (non-hydrogen) atoms. The third kappa shape index (κ3) is 2.97. The van der Waals surface area contributed by atoms with Crippen molar-refractivity contribution in [1.29, 1.82) is 0 Å². The van der Waals surface area contributed by atoms with Gasteiger partial charge in [-0.25, -0.2) is 0 Å². The van der Waals surface area contributed by atoms with Gasteiger partial charge in [-0.1, -0.05) is 48.6 Å². The summed E-state index contributed by atoms with van der Waals surface area (Å²) in [5.74, 6) is 0.129. The van der Waals surface area contributed by atoms with E-state index in [9.17, 15) is 5.11 Å². The zero-order valence-electron chi connectivity index (χ0n) is 18.1. The first kappa shape index (κ1) is 8.96. The second-order valence-corrected chi connectivity index (χ2v) is 5.25. The molecule has 0 aliphatic heterocycles. The molecule has 1 N–H and O–H groups in total. The third-order valence-electron chi connectivity index (χ3n) is 3.72. The number of nitrogens with zero attached hydrogens (tertiary/aromatic N) is 1. The Labute approximate surface area is 140 Å². The van der Waals surface area contributed by atoms with Crippen molar-refractivity contribution in [2.45, 2.75) is 6.42 Å². The summed E-state index contributed by atoms with van der Waals surface area (Å²) in [5, 5.41) is 9.96. The van der Waals surface area contributed by atoms with Crippen LogP contribution in [0.15, 0.2) is 48.5 Å². The van der Waals surface area contributed by atoms with Gasteiger partial charge in [0.15, 0.2) is 0 Å². The molecule has 2 heteroatoms. The topological polar surface area (TPSA) is 23.5 Å². The van der Waals surface area contributed by atoms with Gasteiger partial charge in [-0.3, -0.25) is 0 Å². The summed E-state index contributed by atoms with van der Waals surface area (Å²) < 4.78 is 45.0. The van der Waals surface area contributed by atoms with Crippen LogP contribution < -0.4 is 0 Å². The van der Waals surface area contributed by atoms with Crippen molar-refractivity contribution < 1.29 is 13.3 Å². The highest BCUT2D eigenvalue weighted by atomic mass is 16.3. The van der Waals surface area contributed by atoms with Crippen LogP contribution in [0, 0.1) is 0 Å². The van der Waals surface area contributed by atoms with Crippen molar-refractivity contribution >= 4 is 17.7 Å². The maximum absolute atomic E-state index is 9.96. The van der Waals surface area contributed by atoms with Gasteiger partial charge >= 0.3 is 0 Å². The number of phenolic OH excluding ortho intramolecular Hbond substituents is 1. The van der Waals surface area contributed by atoms with Gasteiger partial charge in [0.2, 0.25) is 0 Å². The Hall–Kier alpha value is -2.32. The quantitative estimate of drug-likeness (QED) is 0.781. The second-order valence-electron chi connectivity index (χ2n) is 5.25. The number of phenols is 1. The molecule has 0 spiro atoms. The first-order chi connectivity index (χ1) is 13.1. The fraction of sp³-hybridized carbons (Fsp3) is 0.200. The minimum Gasteiger partial charge on any atom is -0.508 e. The van der Waals surface area contributed by atoms with E-state index in [-0.39, 0.29) is 18.7 Å². The maximum Gasteiger partial charge on any atom is 0.116 e. The van der Waals surface area contributed by atoms with Crippen molar-refractivity contribution in [1.82, 2.24) is 4.90 Å². The summed E-state index contributed by atoms with van der Waals surface area (Å²) in [6.45, 7) is -5.55. The molecule has 112 valence electrons. The highest BCUT2D eigenvalue weighted by Gasteiger charge is 2.15. The smallest absolute Gasteiger partial charge is 0.116 e. The first-order valence-corrected chi connectivity index (χ1v) is 7.16. The molecular formula is C20H21NO. The van der Waals surface area contributed by atoms with Gasteiger partial charge in [-0.05, 0) is 60.3 Å². The monoisotopic (exact) mass is 297 g/mol. The molecule has 0 unspecified atom stereocenters. The van der Waals surface area contributed by atoms with Gasteiger partial charge in [0, 0.05) is 14.8 Å². The van der Waals surface area contributed by atoms with E-state index in [1.165, 1.54) is 0 Å². The summed E-state index contributed by atoms with van der Waals surface area (Å²) in [6.07, 6.45) is 6.03. The molecule has 1 aliphatic carbocycles. The first-order valence-electron chi connectivity index (χ1n) is 10.2. The van der Waals surface area contributed by atoms with Crippen LogP contribution in [0.2, 0.25) is 0 Å². The average molecular weight is 297 g/mol. The van der Waals surface area contributed by atoms with E-state index in [0.29, 0.717) is 4.90 Å². The Morgan fingerprint density at radius 3 is 2.64 bits per heavy atom. The second kappa shape index (κ2) is 6.20. The summed E-state index contributed by atoms with van der Waals surface area (Å²) in [6, 6.07) is 12.9. The third-order valence-corrected chi connectivity index (χ3v) is 3.72. The molecule has 2 aromatic carbocycles. The molecule has 0 heterocycles. The van der Waals surface area contributed by atoms with Crippen molar-refractivity contribution in [3.63, 3.8) is 0 Å². The van der Waals surface area contributed by atoms with Gasteiger partial charge in [0.05, 0.1) is 0 Å². The van der Waals surface area contributed by atoms with Gasteiger partial charge < -0.3 is 10.0 Å². The lowest BCUT2D eigenvalue weighted by Gasteiger charge is -2.13. The summed E-state index contributed by atoms with van der Waals surface area (Å²) in [5.41, 5.74) is 4.51. The number of hydrogen-bond acceptors (Lipinski definition) is 2. The standard InChI is InChI=1S/C20H21NO/c1-21(2)13-5-8-19-18-7-4-3-6-15(18)9-10-16-11-12-17(22)14-20(16)19/h3-4,6-12,14,22H,5,13H2,1-2H3/i1D3,2D3. The molecule has 0 saturated carbocycles. The van der Waals surface area contributed by atoms with Crippen molar-refractivity contribution in [3.05, 3.63) is 70.8 Å². The highest BCUT2D eigenvalue weighted by Crippen LogP contribution is 2.35. The largest absolute Gasteiger partial charge is 0.508 e. The molecule has 2 aromatic rings. The minimum atomic E-state index is -2.71. The summed E-state index contributed by atoms with van der Waals surface area (Å²) in [7, 11) is 0. The Morgan fingerprint density at radius 2 is 1.82 bits per heavy atom. The normalized spacial score (nSPS) is 20.0. The highest BCUT2D eigenvalue weighted by molar-refractivity contribution is 5.94. The fourth-order valence-corrected chi connectivity index (χ4v) is 2.69. The van der Waals surface area contributed by atoms with Crippen LogP contribution in [0.25, 0.3) is 17.7 Å². The van der Waals surface area contributed by atoms with Crippen LogP contribution in [0.4, 0.5) is 0 Å². The summed E-state index contributed by atoms with van der Waals surface area (Å²) >= 11 is 0. The fourth-order valence-electron chi connectivity index (χ4n) is 2.69. The van der Waals surface area contributed by atoms with Crippen LogP contribution >= 0.6 is 0 Å². The molecule has 0 bridgehead atoms. The van der Waals surface area contributed by atoms with Gasteiger partial charge in [-0.2, -0.15) is 0 Å². The number of fused-ring (bicyclic) bond motifs is 2. The number of rotatable bonds is 3. The SMILES string of the molecule is [2H]C([2H])([2H])N(CCC=C1c2ccccc2C=Cc2ccc(O)cc21)C([2H])([2H])[2H]. The molecular weight excluding hydrogens is 270 g/mol. The lowest BCUT2D eigenvalue weighted by Crippen LogP contribution is -2.12. The van der Waals surface area contributed by atoms with E-state index in [4.69, 9.17) is 8.22 Å².